The van der Waals surface area contributed by atoms with Crippen molar-refractivity contribution in [3.8, 4) is 0 Å². The molecular weight excluding hydrogens is 222 g/mol. The van der Waals surface area contributed by atoms with E-state index in [-0.39, 0.29) is 0 Å². The monoisotopic (exact) mass is 243 g/mol. The van der Waals surface area contributed by atoms with Crippen LogP contribution in [0.4, 0.5) is 0 Å². The number of rotatable bonds is 5. The third-order valence-electron chi connectivity index (χ3n) is 3.30. The third-order valence-corrected chi connectivity index (χ3v) is 3.30. The molecule has 0 aliphatic carbocycles. The molecule has 1 aromatic carbocycles. The largest absolute Gasteiger partial charge is 0.338 e. The van der Waals surface area contributed by atoms with E-state index >= 15 is 0 Å². The fraction of sp³-hybridized carbons (Fsp3) is 0.400. The van der Waals surface area contributed by atoms with Crippen LogP contribution >= 0.6 is 0 Å². The van der Waals surface area contributed by atoms with Gasteiger partial charge >= 0.3 is 0 Å². The topological polar surface area (TPSA) is 29.9 Å². The van der Waals surface area contributed by atoms with E-state index in [1.54, 1.807) is 0 Å². The van der Waals surface area contributed by atoms with Crippen molar-refractivity contribution in [2.75, 3.05) is 6.54 Å². The zero-order chi connectivity index (χ0) is 13.0. The Balaban J connectivity index is 1.83. The maximum atomic E-state index is 4.32. The minimum atomic E-state index is 0.380. The van der Waals surface area contributed by atoms with Gasteiger partial charge in [0.05, 0.1) is 0 Å². The summed E-state index contributed by atoms with van der Waals surface area (Å²) in [6, 6.07) is 9.07. The lowest BCUT2D eigenvalue weighted by atomic mass is 10.1. The van der Waals surface area contributed by atoms with Crippen molar-refractivity contribution in [3.63, 3.8) is 0 Å². The van der Waals surface area contributed by atoms with Gasteiger partial charge in [0, 0.05) is 38.4 Å². The van der Waals surface area contributed by atoms with Crippen molar-refractivity contribution in [2.45, 2.75) is 26.3 Å². The molecule has 0 amide bonds. The van der Waals surface area contributed by atoms with E-state index in [1.807, 2.05) is 19.4 Å². The predicted octanol–water partition coefficient (Wildman–Crippen LogP) is 2.62. The van der Waals surface area contributed by atoms with Gasteiger partial charge in [-0.25, -0.2) is 4.98 Å². The summed E-state index contributed by atoms with van der Waals surface area (Å²) in [5.74, 6) is 1.12. The summed E-state index contributed by atoms with van der Waals surface area (Å²) in [6.45, 7) is 5.26. The first-order valence-electron chi connectivity index (χ1n) is 6.43. The Morgan fingerprint density at radius 1 is 1.28 bits per heavy atom. The summed E-state index contributed by atoms with van der Waals surface area (Å²) in [5.41, 5.74) is 2.64. The number of hydrogen-bond donors (Lipinski definition) is 1. The van der Waals surface area contributed by atoms with Crippen molar-refractivity contribution in [1.82, 2.24) is 14.9 Å². The van der Waals surface area contributed by atoms with Gasteiger partial charge in [0.2, 0.25) is 0 Å². The second-order valence-electron chi connectivity index (χ2n) is 4.79. The van der Waals surface area contributed by atoms with Gasteiger partial charge in [-0.2, -0.15) is 0 Å². The van der Waals surface area contributed by atoms with E-state index in [0.29, 0.717) is 6.04 Å². The second-order valence-corrected chi connectivity index (χ2v) is 4.79. The molecule has 1 aromatic heterocycles. The maximum absolute atomic E-state index is 4.32. The van der Waals surface area contributed by atoms with Gasteiger partial charge < -0.3 is 9.88 Å². The van der Waals surface area contributed by atoms with Crippen molar-refractivity contribution in [3.05, 3.63) is 53.6 Å². The second kappa shape index (κ2) is 5.83. The van der Waals surface area contributed by atoms with Crippen LogP contribution in [0.1, 0.15) is 29.9 Å². The average molecular weight is 243 g/mol. The molecule has 96 valence electrons. The van der Waals surface area contributed by atoms with Crippen molar-refractivity contribution in [2.24, 2.45) is 7.05 Å². The standard InChI is InChI=1S/C15H21N3/c1-12-4-6-14(7-5-12)13(2)16-9-8-15-17-10-11-18(15)3/h4-7,10-11,13,16H,8-9H2,1-3H3/t13-/m0/s1. The lowest BCUT2D eigenvalue weighted by Gasteiger charge is -2.14. The molecule has 2 rings (SSSR count). The lowest BCUT2D eigenvalue weighted by molar-refractivity contribution is 0.565. The molecule has 0 saturated heterocycles. The molecule has 18 heavy (non-hydrogen) atoms. The Morgan fingerprint density at radius 2 is 2.00 bits per heavy atom. The molecule has 0 spiro atoms. The summed E-state index contributed by atoms with van der Waals surface area (Å²) in [7, 11) is 2.03. The molecule has 0 radical (unpaired) electrons. The number of aromatic nitrogens is 2. The van der Waals surface area contributed by atoms with E-state index in [9.17, 15) is 0 Å². The van der Waals surface area contributed by atoms with Gasteiger partial charge in [-0.3, -0.25) is 0 Å². The van der Waals surface area contributed by atoms with Crippen LogP contribution < -0.4 is 5.32 Å². The van der Waals surface area contributed by atoms with Gasteiger partial charge in [-0.15, -0.1) is 0 Å². The van der Waals surface area contributed by atoms with E-state index < -0.39 is 0 Å². The molecule has 0 bridgehead atoms. The summed E-state index contributed by atoms with van der Waals surface area (Å²) in [6.07, 6.45) is 4.79. The van der Waals surface area contributed by atoms with Crippen molar-refractivity contribution in [1.29, 1.82) is 0 Å². The molecule has 0 fully saturated rings. The first kappa shape index (κ1) is 12.8. The minimum Gasteiger partial charge on any atom is -0.338 e. The molecule has 0 saturated carbocycles. The molecular formula is C15H21N3. The average Bonchev–Trinajstić information content (AvgIpc) is 2.76. The molecule has 3 nitrogen and oxygen atoms in total. The molecule has 1 N–H and O–H groups in total. The van der Waals surface area contributed by atoms with E-state index in [0.717, 1.165) is 18.8 Å². The van der Waals surface area contributed by atoms with Crippen LogP contribution in [0.25, 0.3) is 0 Å². The number of aryl methyl sites for hydroxylation is 2. The van der Waals surface area contributed by atoms with Crippen LogP contribution in [-0.2, 0) is 13.5 Å². The van der Waals surface area contributed by atoms with Gasteiger partial charge in [-0.05, 0) is 19.4 Å². The normalized spacial score (nSPS) is 12.6. The molecule has 3 heteroatoms. The van der Waals surface area contributed by atoms with Crippen molar-refractivity contribution < 1.29 is 0 Å². The van der Waals surface area contributed by atoms with E-state index in [2.05, 4.69) is 53.0 Å². The first-order chi connectivity index (χ1) is 8.66. The Labute approximate surface area is 109 Å². The fourth-order valence-electron chi connectivity index (χ4n) is 2.01. The molecule has 0 aliphatic heterocycles. The number of nitrogens with zero attached hydrogens (tertiary/aromatic N) is 2. The van der Waals surface area contributed by atoms with Gasteiger partial charge in [0.1, 0.15) is 5.82 Å². The minimum absolute atomic E-state index is 0.380. The highest BCUT2D eigenvalue weighted by Crippen LogP contribution is 2.12. The summed E-state index contributed by atoms with van der Waals surface area (Å²) in [5, 5.41) is 3.53. The number of nitrogens with one attached hydrogen (secondary N) is 1. The summed E-state index contributed by atoms with van der Waals surface area (Å²) >= 11 is 0. The smallest absolute Gasteiger partial charge is 0.109 e. The fourth-order valence-corrected chi connectivity index (χ4v) is 2.01. The zero-order valence-electron chi connectivity index (χ0n) is 11.4. The Hall–Kier alpha value is -1.61. The van der Waals surface area contributed by atoms with E-state index in [4.69, 9.17) is 0 Å². The highest BCUT2D eigenvalue weighted by atomic mass is 15.0. The Kier molecular flexibility index (Phi) is 4.15. The lowest BCUT2D eigenvalue weighted by Crippen LogP contribution is -2.22. The van der Waals surface area contributed by atoms with Crippen LogP contribution in [0.3, 0.4) is 0 Å². The Morgan fingerprint density at radius 3 is 2.61 bits per heavy atom. The van der Waals surface area contributed by atoms with Crippen LogP contribution in [0.15, 0.2) is 36.7 Å². The summed E-state index contributed by atoms with van der Waals surface area (Å²) < 4.78 is 2.07. The number of imidazole rings is 1. The van der Waals surface area contributed by atoms with Gasteiger partial charge in [-0.1, -0.05) is 29.8 Å². The molecule has 1 atom stereocenters. The summed E-state index contributed by atoms with van der Waals surface area (Å²) in [4.78, 5) is 4.32. The highest BCUT2D eigenvalue weighted by molar-refractivity contribution is 5.23. The van der Waals surface area contributed by atoms with Gasteiger partial charge in [0.15, 0.2) is 0 Å². The molecule has 0 unspecified atom stereocenters. The predicted molar refractivity (Wildman–Crippen MR) is 74.5 cm³/mol. The number of hydrogen-bond acceptors (Lipinski definition) is 2. The molecule has 0 aliphatic rings. The quantitative estimate of drug-likeness (QED) is 0.875. The van der Waals surface area contributed by atoms with Crippen LogP contribution in [0.2, 0.25) is 0 Å². The zero-order valence-corrected chi connectivity index (χ0v) is 11.4. The first-order valence-corrected chi connectivity index (χ1v) is 6.43. The highest BCUT2D eigenvalue weighted by Gasteiger charge is 2.05. The third kappa shape index (κ3) is 3.20. The van der Waals surface area contributed by atoms with Gasteiger partial charge in [0.25, 0.3) is 0 Å². The molecule has 2 aromatic rings. The van der Waals surface area contributed by atoms with Crippen LogP contribution in [0, 0.1) is 6.92 Å². The van der Waals surface area contributed by atoms with Crippen molar-refractivity contribution >= 4 is 0 Å². The van der Waals surface area contributed by atoms with Crippen LogP contribution in [-0.4, -0.2) is 16.1 Å². The Bertz CT molecular complexity index is 485. The number of benzene rings is 1. The van der Waals surface area contributed by atoms with Crippen LogP contribution in [0.5, 0.6) is 0 Å². The SMILES string of the molecule is Cc1ccc([C@H](C)NCCc2nccn2C)cc1. The molecule has 1 heterocycles. The van der Waals surface area contributed by atoms with E-state index in [1.165, 1.54) is 11.1 Å². The maximum Gasteiger partial charge on any atom is 0.109 e.